The molecule has 13 nitrogen and oxygen atoms in total. The number of carboxylic acids is 3. The van der Waals surface area contributed by atoms with E-state index in [-0.39, 0.29) is 13.2 Å². The van der Waals surface area contributed by atoms with Crippen LogP contribution in [0.15, 0.2) is 0 Å². The SMILES string of the molecule is CC(C)C[C@H](N)C(=O)O.NCC(=O)O.NCCCC[C@H](N)C(=O)OC[C@H](N)C(=O)O. The number of carbonyl (C=O) groups is 4. The first kappa shape index (κ1) is 32.3. The molecule has 178 valence electrons. The van der Waals surface area contributed by atoms with Crippen molar-refractivity contribution in [2.45, 2.75) is 57.7 Å². The molecule has 0 aromatic carbocycles. The summed E-state index contributed by atoms with van der Waals surface area (Å²) in [5, 5.41) is 24.3. The van der Waals surface area contributed by atoms with Crippen LogP contribution in [0.5, 0.6) is 0 Å². The number of hydrogen-bond acceptors (Lipinski definition) is 10. The molecule has 0 heterocycles. The molecule has 30 heavy (non-hydrogen) atoms. The van der Waals surface area contributed by atoms with Crippen LogP contribution in [0.3, 0.4) is 0 Å². The van der Waals surface area contributed by atoms with Crippen molar-refractivity contribution in [1.29, 1.82) is 0 Å². The first-order valence-corrected chi connectivity index (χ1v) is 9.30. The van der Waals surface area contributed by atoms with E-state index >= 15 is 0 Å². The van der Waals surface area contributed by atoms with Gasteiger partial charge in [0.25, 0.3) is 0 Å². The topological polar surface area (TPSA) is 268 Å². The van der Waals surface area contributed by atoms with Gasteiger partial charge in [-0.3, -0.25) is 19.2 Å². The average Bonchev–Trinajstić information content (AvgIpc) is 2.65. The highest BCUT2D eigenvalue weighted by molar-refractivity contribution is 5.77. The Kier molecular flexibility index (Phi) is 21.5. The van der Waals surface area contributed by atoms with Gasteiger partial charge in [-0.05, 0) is 31.7 Å². The van der Waals surface area contributed by atoms with Gasteiger partial charge >= 0.3 is 23.9 Å². The summed E-state index contributed by atoms with van der Waals surface area (Å²) in [4.78, 5) is 40.9. The standard InChI is InChI=1S/C9H19N3O4.C6H13NO2.C2H5NO2/c10-4-2-1-3-6(11)9(15)16-5-7(12)8(13)14;1-4(2)3-5(7)6(8)9;3-1-2(4)5/h6-7H,1-5,10-12H2,(H,13,14);4-5H,3,7H2,1-2H3,(H,8,9);1,3H2,(H,4,5)/t6-,7-;5-;/m00./s1. The first-order chi connectivity index (χ1) is 13.8. The Morgan fingerprint density at radius 3 is 1.60 bits per heavy atom. The van der Waals surface area contributed by atoms with E-state index in [1.165, 1.54) is 0 Å². The molecule has 0 saturated carbocycles. The molecule has 0 saturated heterocycles. The highest BCUT2D eigenvalue weighted by Crippen LogP contribution is 2.02. The lowest BCUT2D eigenvalue weighted by molar-refractivity contribution is -0.149. The molecule has 0 bridgehead atoms. The predicted octanol–water partition coefficient (Wildman–Crippen LogP) is -2.13. The molecule has 0 aromatic heterocycles. The lowest BCUT2D eigenvalue weighted by Gasteiger charge is -2.12. The summed E-state index contributed by atoms with van der Waals surface area (Å²) in [5.74, 6) is -3.37. The van der Waals surface area contributed by atoms with Crippen LogP contribution >= 0.6 is 0 Å². The van der Waals surface area contributed by atoms with Gasteiger partial charge in [-0.25, -0.2) is 0 Å². The molecule has 13 heteroatoms. The minimum atomic E-state index is -1.22. The first-order valence-electron chi connectivity index (χ1n) is 9.30. The van der Waals surface area contributed by atoms with Gasteiger partial charge in [0.1, 0.15) is 24.7 Å². The van der Waals surface area contributed by atoms with Gasteiger partial charge in [-0.15, -0.1) is 0 Å². The van der Waals surface area contributed by atoms with Crippen LogP contribution in [0.1, 0.15) is 39.5 Å². The van der Waals surface area contributed by atoms with Gasteiger partial charge < -0.3 is 48.7 Å². The number of rotatable bonds is 12. The zero-order valence-electron chi connectivity index (χ0n) is 17.5. The van der Waals surface area contributed by atoms with Gasteiger partial charge in [0.2, 0.25) is 0 Å². The van der Waals surface area contributed by atoms with Crippen LogP contribution in [-0.4, -0.2) is 77.0 Å². The minimum Gasteiger partial charge on any atom is -0.480 e. The number of ether oxygens (including phenoxy) is 1. The molecule has 0 fully saturated rings. The van der Waals surface area contributed by atoms with Gasteiger partial charge in [-0.1, -0.05) is 20.3 Å². The molecule has 0 aliphatic rings. The van der Waals surface area contributed by atoms with Crippen molar-refractivity contribution in [2.75, 3.05) is 19.7 Å². The van der Waals surface area contributed by atoms with E-state index in [9.17, 15) is 19.2 Å². The third kappa shape index (κ3) is 23.7. The Bertz CT molecular complexity index is 505. The number of hydrogen-bond donors (Lipinski definition) is 8. The predicted molar refractivity (Wildman–Crippen MR) is 109 cm³/mol. The fraction of sp³-hybridized carbons (Fsp3) is 0.765. The van der Waals surface area contributed by atoms with Gasteiger partial charge in [0, 0.05) is 0 Å². The molecule has 0 amide bonds. The van der Waals surface area contributed by atoms with E-state index in [2.05, 4.69) is 10.5 Å². The Labute approximate surface area is 175 Å². The highest BCUT2D eigenvalue weighted by atomic mass is 16.5. The smallest absolute Gasteiger partial charge is 0.324 e. The number of carbonyl (C=O) groups excluding carboxylic acids is 1. The second kappa shape index (κ2) is 20.0. The summed E-state index contributed by atoms with van der Waals surface area (Å²) in [7, 11) is 0. The molecule has 0 aliphatic carbocycles. The molecule has 0 radical (unpaired) electrons. The molecule has 3 atom stereocenters. The molecule has 0 spiro atoms. The van der Waals surface area contributed by atoms with Gasteiger partial charge in [0.05, 0.1) is 6.54 Å². The Morgan fingerprint density at radius 1 is 0.833 bits per heavy atom. The molecule has 0 aliphatic heterocycles. The Balaban J connectivity index is -0.000000435. The number of nitrogens with two attached hydrogens (primary N) is 5. The molecular weight excluding hydrogens is 402 g/mol. The summed E-state index contributed by atoms with van der Waals surface area (Å²) in [6.07, 6.45) is 2.54. The number of esters is 1. The van der Waals surface area contributed by atoms with Crippen molar-refractivity contribution >= 4 is 23.9 Å². The second-order valence-electron chi connectivity index (χ2n) is 6.64. The van der Waals surface area contributed by atoms with E-state index in [1.807, 2.05) is 13.8 Å². The van der Waals surface area contributed by atoms with Crippen LogP contribution in [0.4, 0.5) is 0 Å². The van der Waals surface area contributed by atoms with E-state index < -0.39 is 42.0 Å². The zero-order chi connectivity index (χ0) is 24.3. The van der Waals surface area contributed by atoms with Crippen LogP contribution in [-0.2, 0) is 23.9 Å². The lowest BCUT2D eigenvalue weighted by atomic mass is 10.1. The summed E-state index contributed by atoms with van der Waals surface area (Å²) in [6, 6.07) is -2.64. The van der Waals surface area contributed by atoms with Crippen molar-refractivity contribution in [3.8, 4) is 0 Å². The minimum absolute atomic E-state index is 0.278. The highest BCUT2D eigenvalue weighted by Gasteiger charge is 2.18. The Hall–Kier alpha value is -2.32. The van der Waals surface area contributed by atoms with Crippen molar-refractivity contribution in [3.63, 3.8) is 0 Å². The van der Waals surface area contributed by atoms with Crippen LogP contribution in [0.25, 0.3) is 0 Å². The largest absolute Gasteiger partial charge is 0.480 e. The van der Waals surface area contributed by atoms with E-state index in [0.717, 1.165) is 12.8 Å². The van der Waals surface area contributed by atoms with Gasteiger partial charge in [-0.2, -0.15) is 0 Å². The second-order valence-corrected chi connectivity index (χ2v) is 6.64. The monoisotopic (exact) mass is 439 g/mol. The van der Waals surface area contributed by atoms with E-state index in [1.54, 1.807) is 0 Å². The van der Waals surface area contributed by atoms with Crippen LogP contribution < -0.4 is 28.7 Å². The lowest BCUT2D eigenvalue weighted by Crippen LogP contribution is -2.39. The molecule has 13 N–H and O–H groups in total. The normalized spacial score (nSPS) is 12.9. The molecule has 0 aromatic rings. The quantitative estimate of drug-likeness (QED) is 0.119. The third-order valence-electron chi connectivity index (χ3n) is 3.21. The molecular formula is C17H37N5O8. The van der Waals surface area contributed by atoms with Gasteiger partial charge in [0.15, 0.2) is 0 Å². The Morgan fingerprint density at radius 2 is 1.30 bits per heavy atom. The average molecular weight is 440 g/mol. The summed E-state index contributed by atoms with van der Waals surface area (Å²) in [6.45, 7) is 3.80. The van der Waals surface area contributed by atoms with Crippen LogP contribution in [0.2, 0.25) is 0 Å². The van der Waals surface area contributed by atoms with E-state index in [0.29, 0.717) is 25.3 Å². The number of aliphatic carboxylic acids is 3. The summed E-state index contributed by atoms with van der Waals surface area (Å²) >= 11 is 0. The molecule has 0 unspecified atom stereocenters. The van der Waals surface area contributed by atoms with Crippen molar-refractivity contribution in [3.05, 3.63) is 0 Å². The fourth-order valence-corrected chi connectivity index (χ4v) is 1.59. The fourth-order valence-electron chi connectivity index (χ4n) is 1.59. The molecule has 0 rings (SSSR count). The zero-order valence-corrected chi connectivity index (χ0v) is 17.5. The van der Waals surface area contributed by atoms with E-state index in [4.69, 9.17) is 38.3 Å². The van der Waals surface area contributed by atoms with Crippen LogP contribution in [0, 0.1) is 5.92 Å². The maximum Gasteiger partial charge on any atom is 0.324 e. The maximum absolute atomic E-state index is 11.2. The summed E-state index contributed by atoms with van der Waals surface area (Å²) in [5.41, 5.74) is 25.7. The van der Waals surface area contributed by atoms with Crippen molar-refractivity contribution < 1.29 is 39.2 Å². The van der Waals surface area contributed by atoms with Crippen molar-refractivity contribution in [2.24, 2.45) is 34.6 Å². The third-order valence-corrected chi connectivity index (χ3v) is 3.21. The number of unbranched alkanes of at least 4 members (excludes halogenated alkanes) is 1. The number of carboxylic acid groups (broad SMARTS) is 3. The summed E-state index contributed by atoms with van der Waals surface area (Å²) < 4.78 is 4.66. The van der Waals surface area contributed by atoms with Crippen molar-refractivity contribution in [1.82, 2.24) is 0 Å². The maximum atomic E-state index is 11.2.